The molecule has 0 aliphatic heterocycles. The molecule has 1 aliphatic carbocycles. The number of carbonyl (C=O) groups excluding carboxylic acids is 2. The molecule has 0 saturated heterocycles. The van der Waals surface area contributed by atoms with Crippen molar-refractivity contribution < 1.29 is 14.3 Å². The Hall–Kier alpha value is -1.39. The van der Waals surface area contributed by atoms with Crippen molar-refractivity contribution >= 4 is 24.2 Å². The van der Waals surface area contributed by atoms with Gasteiger partial charge >= 0.3 is 5.97 Å². The number of benzene rings is 1. The summed E-state index contributed by atoms with van der Waals surface area (Å²) in [5, 5.41) is 3.69. The van der Waals surface area contributed by atoms with Crippen LogP contribution in [0.5, 0.6) is 5.75 Å². The molecule has 0 aromatic heterocycles. The van der Waals surface area contributed by atoms with Gasteiger partial charge in [0.15, 0.2) is 0 Å². The largest absolute Gasteiger partial charge is 0.427 e. The smallest absolute Gasteiger partial charge is 0.308 e. The number of unbranched alkanes of at least 4 members (excludes halogenated alkanes) is 2. The van der Waals surface area contributed by atoms with Gasteiger partial charge in [-0.2, -0.15) is 0 Å². The maximum absolute atomic E-state index is 11.7. The van der Waals surface area contributed by atoms with E-state index in [0.29, 0.717) is 24.4 Å². The number of Topliss-reactive ketones (excluding diaryl/α,β-unsaturated/α-hetero) is 1. The van der Waals surface area contributed by atoms with Crippen LogP contribution in [0.3, 0.4) is 0 Å². The normalized spacial score (nSPS) is 16.3. The Morgan fingerprint density at radius 3 is 2.58 bits per heavy atom. The fourth-order valence-electron chi connectivity index (χ4n) is 3.25. The van der Waals surface area contributed by atoms with Gasteiger partial charge in [0.05, 0.1) is 0 Å². The summed E-state index contributed by atoms with van der Waals surface area (Å²) in [6, 6.07) is 7.71. The lowest BCUT2D eigenvalue weighted by Crippen LogP contribution is -2.45. The molecule has 1 aromatic rings. The molecule has 4 nitrogen and oxygen atoms in total. The first kappa shape index (κ1) is 20.7. The van der Waals surface area contributed by atoms with Crippen molar-refractivity contribution in [1.82, 2.24) is 5.32 Å². The third kappa shape index (κ3) is 5.60. The van der Waals surface area contributed by atoms with Gasteiger partial charge in [0.25, 0.3) is 0 Å². The Kier molecular flexibility index (Phi) is 8.43. The van der Waals surface area contributed by atoms with Gasteiger partial charge in [0.1, 0.15) is 11.5 Å². The number of ether oxygens (including phenoxy) is 1. The second-order valence-corrected chi connectivity index (χ2v) is 6.38. The highest BCUT2D eigenvalue weighted by atomic mass is 35.5. The van der Waals surface area contributed by atoms with E-state index in [4.69, 9.17) is 4.74 Å². The Morgan fingerprint density at radius 2 is 1.96 bits per heavy atom. The van der Waals surface area contributed by atoms with Crippen LogP contribution in [-0.2, 0) is 15.1 Å². The number of nitrogens with one attached hydrogen (secondary N) is 1. The Morgan fingerprint density at radius 1 is 1.25 bits per heavy atom. The van der Waals surface area contributed by atoms with Crippen LogP contribution >= 0.6 is 12.4 Å². The SMILES string of the molecule is CCCCCNC1(c2cccc(OC(C)=O)c2)CCC(=O)CC1.Cl. The average Bonchev–Trinajstić information content (AvgIpc) is 2.53. The highest BCUT2D eigenvalue weighted by molar-refractivity contribution is 5.85. The standard InChI is InChI=1S/C19H27NO3.ClH/c1-3-4-5-13-20-19(11-9-17(22)10-12-19)16-7-6-8-18(14-16)23-15(2)21;/h6-8,14,20H,3-5,9-13H2,1-2H3;1H. The van der Waals surface area contributed by atoms with Gasteiger partial charge in [0, 0.05) is 25.3 Å². The lowest BCUT2D eigenvalue weighted by atomic mass is 9.76. The van der Waals surface area contributed by atoms with Crippen LogP contribution in [0.15, 0.2) is 24.3 Å². The van der Waals surface area contributed by atoms with Crippen LogP contribution in [0.2, 0.25) is 0 Å². The first-order valence-electron chi connectivity index (χ1n) is 8.61. The molecule has 1 aromatic carbocycles. The van der Waals surface area contributed by atoms with Crippen LogP contribution in [0.1, 0.15) is 64.4 Å². The third-order valence-electron chi connectivity index (χ3n) is 4.55. The van der Waals surface area contributed by atoms with E-state index in [-0.39, 0.29) is 23.9 Å². The van der Waals surface area contributed by atoms with E-state index in [1.807, 2.05) is 12.1 Å². The maximum Gasteiger partial charge on any atom is 0.308 e. The summed E-state index contributed by atoms with van der Waals surface area (Å²) in [7, 11) is 0. The molecule has 5 heteroatoms. The zero-order valence-electron chi connectivity index (χ0n) is 14.6. The zero-order valence-corrected chi connectivity index (χ0v) is 15.4. The zero-order chi connectivity index (χ0) is 16.7. The van der Waals surface area contributed by atoms with Crippen molar-refractivity contribution in [3.8, 4) is 5.75 Å². The second kappa shape index (κ2) is 9.80. The highest BCUT2D eigenvalue weighted by Crippen LogP contribution is 2.37. The van der Waals surface area contributed by atoms with Gasteiger partial charge in [-0.15, -0.1) is 12.4 Å². The monoisotopic (exact) mass is 353 g/mol. The number of ketones is 1. The van der Waals surface area contributed by atoms with Gasteiger partial charge in [-0.05, 0) is 43.5 Å². The molecule has 1 saturated carbocycles. The highest BCUT2D eigenvalue weighted by Gasteiger charge is 2.36. The molecule has 0 radical (unpaired) electrons. The van der Waals surface area contributed by atoms with E-state index in [1.54, 1.807) is 6.07 Å². The summed E-state index contributed by atoms with van der Waals surface area (Å²) in [6.07, 6.45) is 6.36. The number of esters is 1. The van der Waals surface area contributed by atoms with Gasteiger partial charge < -0.3 is 10.1 Å². The molecule has 1 N–H and O–H groups in total. The van der Waals surface area contributed by atoms with Gasteiger partial charge in [-0.25, -0.2) is 0 Å². The quantitative estimate of drug-likeness (QED) is 0.454. The van der Waals surface area contributed by atoms with Crippen LogP contribution in [-0.4, -0.2) is 18.3 Å². The topological polar surface area (TPSA) is 55.4 Å². The van der Waals surface area contributed by atoms with E-state index in [0.717, 1.165) is 31.4 Å². The molecule has 0 amide bonds. The number of rotatable bonds is 7. The summed E-state index contributed by atoms with van der Waals surface area (Å²) in [4.78, 5) is 22.9. The molecule has 1 aliphatic rings. The van der Waals surface area contributed by atoms with Gasteiger partial charge in [0.2, 0.25) is 0 Å². The van der Waals surface area contributed by atoms with Crippen LogP contribution in [0, 0.1) is 0 Å². The molecule has 134 valence electrons. The Labute approximate surface area is 150 Å². The van der Waals surface area contributed by atoms with E-state index >= 15 is 0 Å². The van der Waals surface area contributed by atoms with Gasteiger partial charge in [-0.3, -0.25) is 9.59 Å². The minimum Gasteiger partial charge on any atom is -0.427 e. The Balaban J connectivity index is 0.00000288. The molecule has 24 heavy (non-hydrogen) atoms. The fourth-order valence-corrected chi connectivity index (χ4v) is 3.25. The van der Waals surface area contributed by atoms with E-state index in [2.05, 4.69) is 18.3 Å². The summed E-state index contributed by atoms with van der Waals surface area (Å²) in [5.74, 6) is 0.597. The Bertz CT molecular complexity index is 549. The number of hydrogen-bond donors (Lipinski definition) is 1. The van der Waals surface area contributed by atoms with Crippen molar-refractivity contribution in [1.29, 1.82) is 0 Å². The van der Waals surface area contributed by atoms with Crippen molar-refractivity contribution in [3.63, 3.8) is 0 Å². The fraction of sp³-hybridized carbons (Fsp3) is 0.579. The van der Waals surface area contributed by atoms with Crippen molar-refractivity contribution in [2.75, 3.05) is 6.54 Å². The summed E-state index contributed by atoms with van der Waals surface area (Å²) < 4.78 is 5.22. The van der Waals surface area contributed by atoms with E-state index < -0.39 is 0 Å². The number of carbonyl (C=O) groups is 2. The molecule has 0 spiro atoms. The van der Waals surface area contributed by atoms with E-state index in [1.165, 1.54) is 19.8 Å². The third-order valence-corrected chi connectivity index (χ3v) is 4.55. The number of hydrogen-bond acceptors (Lipinski definition) is 4. The molecule has 0 unspecified atom stereocenters. The average molecular weight is 354 g/mol. The first-order valence-corrected chi connectivity index (χ1v) is 8.61. The maximum atomic E-state index is 11.7. The summed E-state index contributed by atoms with van der Waals surface area (Å²) in [5.41, 5.74) is 0.929. The van der Waals surface area contributed by atoms with Crippen LogP contribution in [0.25, 0.3) is 0 Å². The van der Waals surface area contributed by atoms with Crippen molar-refractivity contribution in [2.45, 2.75) is 64.3 Å². The molecule has 2 rings (SSSR count). The lowest BCUT2D eigenvalue weighted by Gasteiger charge is -2.38. The minimum atomic E-state index is -0.314. The second-order valence-electron chi connectivity index (χ2n) is 6.38. The number of halogens is 1. The summed E-state index contributed by atoms with van der Waals surface area (Å²) in [6.45, 7) is 4.54. The lowest BCUT2D eigenvalue weighted by molar-refractivity contribution is -0.131. The van der Waals surface area contributed by atoms with Crippen LogP contribution < -0.4 is 10.1 Å². The molecule has 0 heterocycles. The molecular formula is C19H28ClNO3. The van der Waals surface area contributed by atoms with Crippen LogP contribution in [0.4, 0.5) is 0 Å². The van der Waals surface area contributed by atoms with Crippen molar-refractivity contribution in [2.24, 2.45) is 0 Å². The molecule has 1 fully saturated rings. The molecule has 0 atom stereocenters. The van der Waals surface area contributed by atoms with Crippen molar-refractivity contribution in [3.05, 3.63) is 29.8 Å². The first-order chi connectivity index (χ1) is 11.1. The van der Waals surface area contributed by atoms with E-state index in [9.17, 15) is 9.59 Å². The minimum absolute atomic E-state index is 0. The predicted molar refractivity (Wildman–Crippen MR) is 97.7 cm³/mol. The predicted octanol–water partition coefficient (Wildman–Crippen LogP) is 4.15. The molecular weight excluding hydrogens is 326 g/mol. The molecule has 0 bridgehead atoms. The summed E-state index contributed by atoms with van der Waals surface area (Å²) >= 11 is 0. The van der Waals surface area contributed by atoms with Gasteiger partial charge in [-0.1, -0.05) is 31.9 Å².